The lowest BCUT2D eigenvalue weighted by atomic mass is 10.0. The Morgan fingerprint density at radius 2 is 1.93 bits per heavy atom. The zero-order valence-corrected chi connectivity index (χ0v) is 15.4. The van der Waals surface area contributed by atoms with Crippen LogP contribution >= 0.6 is 11.6 Å². The topological polar surface area (TPSA) is 108 Å². The van der Waals surface area contributed by atoms with Crippen LogP contribution in [0, 0.1) is 10.1 Å². The Labute approximate surface area is 160 Å². The molecule has 0 aliphatic rings. The third kappa shape index (κ3) is 4.95. The summed E-state index contributed by atoms with van der Waals surface area (Å²) in [6.45, 7) is 0. The monoisotopic (exact) mass is 392 g/mol. The van der Waals surface area contributed by atoms with Crippen molar-refractivity contribution in [1.82, 2.24) is 5.32 Å². The number of carbonyl (C=O) groups is 2. The van der Waals surface area contributed by atoms with Crippen LogP contribution in [0.25, 0.3) is 0 Å². The number of nitro benzene ring substituents is 1. The Bertz CT molecular complexity index is 871. The number of amides is 1. The van der Waals surface area contributed by atoms with E-state index in [-0.39, 0.29) is 28.4 Å². The summed E-state index contributed by atoms with van der Waals surface area (Å²) in [5, 5.41) is 13.9. The number of halogens is 1. The van der Waals surface area contributed by atoms with Gasteiger partial charge in [-0.25, -0.2) is 4.79 Å². The standard InChI is InChI=1S/C18H17ClN2O6/c1-26-16-8-7-11(10-15(16)21(24)25)9-14(18(23)27-2)20-17(22)12-5-3-4-6-13(12)19/h3-8,10,14H,9H2,1-2H3,(H,20,22)/t14-/m1/s1. The van der Waals surface area contributed by atoms with Crippen LogP contribution in [0.4, 0.5) is 5.69 Å². The highest BCUT2D eigenvalue weighted by molar-refractivity contribution is 6.33. The van der Waals surface area contributed by atoms with E-state index in [4.69, 9.17) is 21.1 Å². The van der Waals surface area contributed by atoms with Crippen molar-refractivity contribution >= 4 is 29.2 Å². The van der Waals surface area contributed by atoms with Crippen molar-refractivity contribution in [3.05, 3.63) is 68.7 Å². The summed E-state index contributed by atoms with van der Waals surface area (Å²) in [5.41, 5.74) is 0.419. The van der Waals surface area contributed by atoms with Gasteiger partial charge in [-0.2, -0.15) is 0 Å². The van der Waals surface area contributed by atoms with Crippen molar-refractivity contribution in [2.75, 3.05) is 14.2 Å². The number of nitrogens with zero attached hydrogens (tertiary/aromatic N) is 1. The minimum absolute atomic E-state index is 0.00625. The lowest BCUT2D eigenvalue weighted by molar-refractivity contribution is -0.385. The summed E-state index contributed by atoms with van der Waals surface area (Å²) >= 11 is 6.00. The minimum atomic E-state index is -1.05. The molecule has 1 atom stereocenters. The minimum Gasteiger partial charge on any atom is -0.490 e. The SMILES string of the molecule is COC(=O)[C@@H](Cc1ccc(OC)c([N+](=O)[O-])c1)NC(=O)c1ccccc1Cl. The van der Waals surface area contributed by atoms with Gasteiger partial charge in [0.05, 0.1) is 29.7 Å². The molecule has 0 radical (unpaired) electrons. The zero-order valence-electron chi connectivity index (χ0n) is 14.6. The van der Waals surface area contributed by atoms with Crippen LogP contribution in [0.2, 0.25) is 5.02 Å². The van der Waals surface area contributed by atoms with Crippen molar-refractivity contribution in [3.8, 4) is 5.75 Å². The van der Waals surface area contributed by atoms with Crippen LogP contribution in [0.1, 0.15) is 15.9 Å². The summed E-state index contributed by atoms with van der Waals surface area (Å²) in [7, 11) is 2.51. The summed E-state index contributed by atoms with van der Waals surface area (Å²) in [6.07, 6.45) is -0.00625. The second-order valence-corrected chi connectivity index (χ2v) is 5.90. The first-order chi connectivity index (χ1) is 12.9. The van der Waals surface area contributed by atoms with E-state index in [9.17, 15) is 19.7 Å². The third-order valence-corrected chi connectivity index (χ3v) is 4.12. The molecular weight excluding hydrogens is 376 g/mol. The van der Waals surface area contributed by atoms with Crippen molar-refractivity contribution < 1.29 is 24.0 Å². The van der Waals surface area contributed by atoms with E-state index < -0.39 is 22.8 Å². The highest BCUT2D eigenvalue weighted by atomic mass is 35.5. The molecule has 8 nitrogen and oxygen atoms in total. The molecule has 1 amide bonds. The van der Waals surface area contributed by atoms with Crippen molar-refractivity contribution in [2.45, 2.75) is 12.5 Å². The first kappa shape index (κ1) is 20.2. The Morgan fingerprint density at radius 1 is 1.22 bits per heavy atom. The maximum atomic E-state index is 12.4. The molecule has 1 N–H and O–H groups in total. The molecule has 2 rings (SSSR count). The predicted octanol–water partition coefficient (Wildman–Crippen LogP) is 2.77. The molecule has 0 spiro atoms. The average molecular weight is 393 g/mol. The highest BCUT2D eigenvalue weighted by Crippen LogP contribution is 2.28. The van der Waals surface area contributed by atoms with Gasteiger partial charge in [-0.15, -0.1) is 0 Å². The fourth-order valence-electron chi connectivity index (χ4n) is 2.46. The predicted molar refractivity (Wildman–Crippen MR) is 98.1 cm³/mol. The summed E-state index contributed by atoms with van der Waals surface area (Å²) < 4.78 is 9.68. The molecule has 27 heavy (non-hydrogen) atoms. The van der Waals surface area contributed by atoms with Crippen LogP contribution in [0.15, 0.2) is 42.5 Å². The van der Waals surface area contributed by atoms with E-state index in [1.807, 2.05) is 0 Å². The number of nitro groups is 1. The number of hydrogen-bond acceptors (Lipinski definition) is 6. The lowest BCUT2D eigenvalue weighted by Gasteiger charge is -2.17. The second kappa shape index (κ2) is 9.00. The van der Waals surface area contributed by atoms with Gasteiger partial charge < -0.3 is 14.8 Å². The van der Waals surface area contributed by atoms with Crippen molar-refractivity contribution in [2.24, 2.45) is 0 Å². The molecule has 0 fully saturated rings. The first-order valence-electron chi connectivity index (χ1n) is 7.82. The van der Waals surface area contributed by atoms with Crippen molar-refractivity contribution in [3.63, 3.8) is 0 Å². The molecular formula is C18H17ClN2O6. The maximum Gasteiger partial charge on any atom is 0.328 e. The first-order valence-corrected chi connectivity index (χ1v) is 8.19. The number of hydrogen-bond donors (Lipinski definition) is 1. The molecule has 0 aromatic heterocycles. The molecule has 0 heterocycles. The molecule has 2 aromatic carbocycles. The molecule has 0 unspecified atom stereocenters. The molecule has 0 aliphatic heterocycles. The van der Waals surface area contributed by atoms with Gasteiger partial charge in [0.25, 0.3) is 5.91 Å². The van der Waals surface area contributed by atoms with Crippen LogP contribution in [-0.2, 0) is 16.0 Å². The smallest absolute Gasteiger partial charge is 0.328 e. The number of rotatable bonds is 7. The molecule has 142 valence electrons. The number of esters is 1. The summed E-state index contributed by atoms with van der Waals surface area (Å²) in [5.74, 6) is -1.15. The molecule has 9 heteroatoms. The fourth-order valence-corrected chi connectivity index (χ4v) is 2.68. The van der Waals surface area contributed by atoms with Gasteiger partial charge in [-0.05, 0) is 23.8 Å². The maximum absolute atomic E-state index is 12.4. The quantitative estimate of drug-likeness (QED) is 0.441. The van der Waals surface area contributed by atoms with E-state index in [0.717, 1.165) is 0 Å². The van der Waals surface area contributed by atoms with E-state index in [0.29, 0.717) is 5.56 Å². The van der Waals surface area contributed by atoms with Gasteiger partial charge >= 0.3 is 11.7 Å². The second-order valence-electron chi connectivity index (χ2n) is 5.50. The number of methoxy groups -OCH3 is 2. The Hall–Kier alpha value is -3.13. The lowest BCUT2D eigenvalue weighted by Crippen LogP contribution is -2.43. The van der Waals surface area contributed by atoms with Gasteiger partial charge in [0, 0.05) is 12.5 Å². The number of carbonyl (C=O) groups excluding carboxylic acids is 2. The molecule has 0 aliphatic carbocycles. The van der Waals surface area contributed by atoms with E-state index >= 15 is 0 Å². The van der Waals surface area contributed by atoms with Crippen LogP contribution < -0.4 is 10.1 Å². The van der Waals surface area contributed by atoms with Gasteiger partial charge in [0.2, 0.25) is 0 Å². The van der Waals surface area contributed by atoms with Gasteiger partial charge in [0.15, 0.2) is 5.75 Å². The third-order valence-electron chi connectivity index (χ3n) is 3.79. The highest BCUT2D eigenvalue weighted by Gasteiger charge is 2.25. The Balaban J connectivity index is 2.26. The number of benzene rings is 2. The van der Waals surface area contributed by atoms with E-state index in [1.165, 1.54) is 32.4 Å². The van der Waals surface area contributed by atoms with Crippen LogP contribution in [0.5, 0.6) is 5.75 Å². The zero-order chi connectivity index (χ0) is 20.0. The molecule has 0 bridgehead atoms. The molecule has 0 saturated heterocycles. The fraction of sp³-hybridized carbons (Fsp3) is 0.222. The number of ether oxygens (including phenoxy) is 2. The van der Waals surface area contributed by atoms with Gasteiger partial charge in [-0.3, -0.25) is 14.9 Å². The summed E-state index contributed by atoms with van der Waals surface area (Å²) in [4.78, 5) is 35.1. The average Bonchev–Trinajstić information content (AvgIpc) is 2.66. The van der Waals surface area contributed by atoms with Crippen molar-refractivity contribution in [1.29, 1.82) is 0 Å². The van der Waals surface area contributed by atoms with Gasteiger partial charge in [-0.1, -0.05) is 29.8 Å². The van der Waals surface area contributed by atoms with Crippen LogP contribution in [0.3, 0.4) is 0 Å². The normalized spacial score (nSPS) is 11.4. The van der Waals surface area contributed by atoms with Crippen LogP contribution in [-0.4, -0.2) is 37.1 Å². The Morgan fingerprint density at radius 3 is 2.52 bits per heavy atom. The number of nitrogens with one attached hydrogen (secondary N) is 1. The Kier molecular flexibility index (Phi) is 6.73. The van der Waals surface area contributed by atoms with Gasteiger partial charge in [0.1, 0.15) is 6.04 Å². The van der Waals surface area contributed by atoms with E-state index in [1.54, 1.807) is 24.3 Å². The summed E-state index contributed by atoms with van der Waals surface area (Å²) in [6, 6.07) is 9.62. The molecule has 0 saturated carbocycles. The largest absolute Gasteiger partial charge is 0.490 e. The molecule has 2 aromatic rings. The van der Waals surface area contributed by atoms with E-state index in [2.05, 4.69) is 5.32 Å².